The van der Waals surface area contributed by atoms with Crippen LogP contribution < -0.4 is 10.0 Å². The minimum absolute atomic E-state index is 0.0861. The Bertz CT molecular complexity index is 836. The molecule has 1 aromatic heterocycles. The number of furan rings is 1. The number of aryl methyl sites for hydroxylation is 1. The molecule has 0 aliphatic heterocycles. The fourth-order valence-corrected chi connectivity index (χ4v) is 4.54. The molecule has 1 saturated carbocycles. The van der Waals surface area contributed by atoms with Gasteiger partial charge in [-0.05, 0) is 88.3 Å². The van der Waals surface area contributed by atoms with Crippen LogP contribution in [0.25, 0.3) is 11.3 Å². The van der Waals surface area contributed by atoms with Crippen LogP contribution in [0.3, 0.4) is 0 Å². The molecule has 1 aliphatic rings. The maximum atomic E-state index is 12.0. The molecule has 1 fully saturated rings. The second kappa shape index (κ2) is 8.48. The largest absolute Gasteiger partial charge is 0.464 e. The van der Waals surface area contributed by atoms with Gasteiger partial charge in [-0.2, -0.15) is 0 Å². The van der Waals surface area contributed by atoms with E-state index in [0.717, 1.165) is 49.2 Å². The molecule has 5 nitrogen and oxygen atoms in total. The second-order valence-electron chi connectivity index (χ2n) is 7.82. The zero-order valence-corrected chi connectivity index (χ0v) is 17.2. The lowest BCUT2D eigenvalue weighted by Gasteiger charge is -2.30. The maximum Gasteiger partial charge on any atom is 0.214 e. The third-order valence-corrected chi connectivity index (χ3v) is 7.31. The molecular weight excluding hydrogens is 360 g/mol. The normalized spacial score (nSPS) is 20.7. The zero-order valence-electron chi connectivity index (χ0n) is 16.4. The topological polar surface area (TPSA) is 71.3 Å². The molecule has 0 bridgehead atoms. The van der Waals surface area contributed by atoms with Crippen LogP contribution in [-0.4, -0.2) is 26.3 Å². The molecule has 1 aromatic carbocycles. The van der Waals surface area contributed by atoms with Crippen molar-refractivity contribution in [3.05, 3.63) is 42.2 Å². The van der Waals surface area contributed by atoms with Crippen molar-refractivity contribution in [3.8, 4) is 11.3 Å². The number of hydrogen-bond acceptors (Lipinski definition) is 4. The summed E-state index contributed by atoms with van der Waals surface area (Å²) < 4.78 is 32.3. The summed E-state index contributed by atoms with van der Waals surface area (Å²) in [5.41, 5.74) is 3.43. The van der Waals surface area contributed by atoms with E-state index in [9.17, 15) is 8.42 Å². The third kappa shape index (κ3) is 5.14. The van der Waals surface area contributed by atoms with Crippen molar-refractivity contribution in [1.82, 2.24) is 4.72 Å². The number of hydrogen-bond donors (Lipinski definition) is 2. The lowest BCUT2D eigenvalue weighted by Crippen LogP contribution is -2.41. The van der Waals surface area contributed by atoms with E-state index in [2.05, 4.69) is 35.2 Å². The van der Waals surface area contributed by atoms with Gasteiger partial charge in [0.1, 0.15) is 5.76 Å². The Kier molecular flexibility index (Phi) is 6.27. The van der Waals surface area contributed by atoms with Crippen LogP contribution in [0, 0.1) is 12.8 Å². The van der Waals surface area contributed by atoms with Crippen molar-refractivity contribution in [2.75, 3.05) is 11.9 Å². The third-order valence-electron chi connectivity index (χ3n) is 5.41. The minimum Gasteiger partial charge on any atom is -0.464 e. The number of rotatable bonds is 7. The summed E-state index contributed by atoms with van der Waals surface area (Å²) in [6.45, 7) is 6.46. The Morgan fingerprint density at radius 2 is 1.89 bits per heavy atom. The molecule has 2 N–H and O–H groups in total. The van der Waals surface area contributed by atoms with E-state index in [1.807, 2.05) is 12.1 Å². The van der Waals surface area contributed by atoms with Crippen molar-refractivity contribution < 1.29 is 12.8 Å². The molecule has 0 radical (unpaired) electrons. The first-order valence-electron chi connectivity index (χ1n) is 9.74. The summed E-state index contributed by atoms with van der Waals surface area (Å²) >= 11 is 0. The molecule has 3 rings (SSSR count). The van der Waals surface area contributed by atoms with Crippen molar-refractivity contribution >= 4 is 15.7 Å². The summed E-state index contributed by atoms with van der Waals surface area (Å²) in [4.78, 5) is 0. The number of benzene rings is 1. The molecule has 6 heteroatoms. The molecule has 1 heterocycles. The van der Waals surface area contributed by atoms with E-state index >= 15 is 0 Å². The monoisotopic (exact) mass is 390 g/mol. The molecule has 0 unspecified atom stereocenters. The second-order valence-corrected chi connectivity index (χ2v) is 10.1. The van der Waals surface area contributed by atoms with E-state index in [-0.39, 0.29) is 11.3 Å². The highest BCUT2D eigenvalue weighted by molar-refractivity contribution is 7.90. The average molecular weight is 391 g/mol. The van der Waals surface area contributed by atoms with E-state index in [1.54, 1.807) is 20.1 Å². The molecule has 0 spiro atoms. The van der Waals surface area contributed by atoms with E-state index in [1.165, 1.54) is 5.56 Å². The Labute approximate surface area is 162 Å². The summed E-state index contributed by atoms with van der Waals surface area (Å²) in [7, 11) is -3.17. The van der Waals surface area contributed by atoms with Crippen molar-refractivity contribution in [3.63, 3.8) is 0 Å². The highest BCUT2D eigenvalue weighted by atomic mass is 32.2. The van der Waals surface area contributed by atoms with Crippen LogP contribution in [0.1, 0.15) is 45.1 Å². The molecular formula is C21H30N2O3S. The highest BCUT2D eigenvalue weighted by Gasteiger charge is 2.26. The van der Waals surface area contributed by atoms with Gasteiger partial charge < -0.3 is 9.73 Å². The number of nitrogens with one attached hydrogen (secondary N) is 2. The standard InChI is InChI=1S/C21H30N2O3S/c1-15(2)27(24,25)23-19-9-6-17(7-10-19)14-22-20-11-8-18(13-16(20)3)21-5-4-12-26-21/h4-5,8,11-13,15,17,19,22-23H,6-7,9-10,14H2,1-3H3. The Morgan fingerprint density at radius 1 is 1.15 bits per heavy atom. The van der Waals surface area contributed by atoms with Gasteiger partial charge in [-0.3, -0.25) is 0 Å². The Morgan fingerprint density at radius 3 is 2.48 bits per heavy atom. The number of anilines is 1. The van der Waals surface area contributed by atoms with Crippen LogP contribution in [0.2, 0.25) is 0 Å². The number of sulfonamides is 1. The van der Waals surface area contributed by atoms with Gasteiger partial charge in [0.2, 0.25) is 10.0 Å². The van der Waals surface area contributed by atoms with Gasteiger partial charge in [-0.1, -0.05) is 0 Å². The van der Waals surface area contributed by atoms with Crippen LogP contribution in [-0.2, 0) is 10.0 Å². The first-order chi connectivity index (χ1) is 12.8. The van der Waals surface area contributed by atoms with Crippen molar-refractivity contribution in [2.24, 2.45) is 5.92 Å². The van der Waals surface area contributed by atoms with Crippen molar-refractivity contribution in [2.45, 2.75) is 57.7 Å². The minimum atomic E-state index is -3.17. The summed E-state index contributed by atoms with van der Waals surface area (Å²) in [5.74, 6) is 1.46. The van der Waals surface area contributed by atoms with Crippen LogP contribution in [0.15, 0.2) is 41.0 Å². The van der Waals surface area contributed by atoms with Gasteiger partial charge in [0, 0.05) is 23.8 Å². The molecule has 0 amide bonds. The van der Waals surface area contributed by atoms with Gasteiger partial charge in [0.15, 0.2) is 0 Å². The first-order valence-corrected chi connectivity index (χ1v) is 11.3. The van der Waals surface area contributed by atoms with E-state index in [4.69, 9.17) is 4.42 Å². The highest BCUT2D eigenvalue weighted by Crippen LogP contribution is 2.28. The predicted molar refractivity (Wildman–Crippen MR) is 110 cm³/mol. The van der Waals surface area contributed by atoms with Crippen LogP contribution >= 0.6 is 0 Å². The summed E-state index contributed by atoms with van der Waals surface area (Å²) in [5, 5.41) is 3.20. The lowest BCUT2D eigenvalue weighted by atomic mass is 9.86. The van der Waals surface area contributed by atoms with Gasteiger partial charge in [0.05, 0.1) is 11.5 Å². The summed E-state index contributed by atoms with van der Waals surface area (Å²) in [6.07, 6.45) is 5.60. The molecule has 27 heavy (non-hydrogen) atoms. The Balaban J connectivity index is 1.49. The fraction of sp³-hybridized carbons (Fsp3) is 0.524. The van der Waals surface area contributed by atoms with Gasteiger partial charge in [0.25, 0.3) is 0 Å². The first kappa shape index (κ1) is 20.0. The van der Waals surface area contributed by atoms with Crippen molar-refractivity contribution in [1.29, 1.82) is 0 Å². The molecule has 1 aliphatic carbocycles. The molecule has 148 valence electrons. The zero-order chi connectivity index (χ0) is 19.4. The SMILES string of the molecule is Cc1cc(-c2ccco2)ccc1NCC1CCC(NS(=O)(=O)C(C)C)CC1. The lowest BCUT2D eigenvalue weighted by molar-refractivity contribution is 0.323. The smallest absolute Gasteiger partial charge is 0.214 e. The molecule has 0 saturated heterocycles. The average Bonchev–Trinajstić information content (AvgIpc) is 3.16. The molecule has 2 aromatic rings. The summed E-state index contributed by atoms with van der Waals surface area (Å²) in [6, 6.07) is 10.3. The van der Waals surface area contributed by atoms with E-state index < -0.39 is 10.0 Å². The van der Waals surface area contributed by atoms with E-state index in [0.29, 0.717) is 5.92 Å². The quantitative estimate of drug-likeness (QED) is 0.727. The predicted octanol–water partition coefficient (Wildman–Crippen LogP) is 4.55. The Hall–Kier alpha value is -1.79. The van der Waals surface area contributed by atoms with Gasteiger partial charge in [-0.15, -0.1) is 0 Å². The maximum absolute atomic E-state index is 12.0. The van der Waals surface area contributed by atoms with Gasteiger partial charge in [-0.25, -0.2) is 13.1 Å². The van der Waals surface area contributed by atoms with Gasteiger partial charge >= 0.3 is 0 Å². The molecule has 0 atom stereocenters. The van der Waals surface area contributed by atoms with Crippen LogP contribution in [0.5, 0.6) is 0 Å². The fourth-order valence-electron chi connectivity index (χ4n) is 3.57. The van der Waals surface area contributed by atoms with Crippen LogP contribution in [0.4, 0.5) is 5.69 Å².